The summed E-state index contributed by atoms with van der Waals surface area (Å²) in [4.78, 5) is 43.7. The zero-order chi connectivity index (χ0) is 26.9. The predicted octanol–water partition coefficient (Wildman–Crippen LogP) is 5.15. The minimum Gasteiger partial charge on any atom is -0.462 e. The Morgan fingerprint density at radius 2 is 1.86 bits per heavy atom. The first kappa shape index (κ1) is 25.3. The third kappa shape index (κ3) is 3.64. The molecule has 3 aliphatic rings. The van der Waals surface area contributed by atoms with E-state index in [1.807, 2.05) is 58.0 Å². The molecule has 2 heterocycles. The minimum atomic E-state index is -1.69. The number of nitrogens with two attached hydrogens (primary N) is 1. The maximum atomic E-state index is 14.1. The number of aryl methyl sites for hydroxylation is 2. The standard InChI is InChI=1S/C29H30BrN3O4/c1-6-37-26(35)24-25(31)33(20-10-8-17(30)12-16(20)3)21-13-28(4,5)14-22(34)23(21)29(24)18-11-15(2)7-9-19(18)32-27(29)36/h7-12H,6,13-14,31H2,1-5H3,(H,32,36). The lowest BCUT2D eigenvalue weighted by Gasteiger charge is -2.47. The third-order valence-corrected chi connectivity index (χ3v) is 7.91. The summed E-state index contributed by atoms with van der Waals surface area (Å²) in [6.45, 7) is 9.71. The highest BCUT2D eigenvalue weighted by molar-refractivity contribution is 9.10. The average Bonchev–Trinajstić information content (AvgIpc) is 3.05. The number of carbonyl (C=O) groups is 3. The third-order valence-electron chi connectivity index (χ3n) is 7.42. The van der Waals surface area contributed by atoms with Crippen molar-refractivity contribution in [2.24, 2.45) is 11.1 Å². The minimum absolute atomic E-state index is 0.0228. The predicted molar refractivity (Wildman–Crippen MR) is 146 cm³/mol. The van der Waals surface area contributed by atoms with Crippen LogP contribution in [0, 0.1) is 19.3 Å². The van der Waals surface area contributed by atoms with Crippen molar-refractivity contribution in [3.8, 4) is 0 Å². The van der Waals surface area contributed by atoms with Gasteiger partial charge in [-0.15, -0.1) is 0 Å². The van der Waals surface area contributed by atoms with Gasteiger partial charge in [0, 0.05) is 33.4 Å². The number of hydrogen-bond donors (Lipinski definition) is 2. The first-order valence-corrected chi connectivity index (χ1v) is 13.1. The van der Waals surface area contributed by atoms with Crippen LogP contribution in [0.15, 0.2) is 63.5 Å². The Morgan fingerprint density at radius 1 is 1.14 bits per heavy atom. The molecule has 3 N–H and O–H groups in total. The number of hydrogen-bond acceptors (Lipinski definition) is 6. The monoisotopic (exact) mass is 563 g/mol. The van der Waals surface area contributed by atoms with Crippen molar-refractivity contribution < 1.29 is 19.1 Å². The average molecular weight is 564 g/mol. The van der Waals surface area contributed by atoms with Crippen molar-refractivity contribution >= 4 is 45.0 Å². The molecular formula is C29H30BrN3O4. The number of rotatable bonds is 3. The van der Waals surface area contributed by atoms with Gasteiger partial charge in [0.15, 0.2) is 5.78 Å². The van der Waals surface area contributed by atoms with Crippen LogP contribution in [0.2, 0.25) is 0 Å². The molecule has 0 aromatic heterocycles. The second kappa shape index (κ2) is 8.58. The summed E-state index contributed by atoms with van der Waals surface area (Å²) in [5.74, 6) is -1.26. The number of nitrogens with zero attached hydrogens (tertiary/aromatic N) is 1. The van der Waals surface area contributed by atoms with E-state index >= 15 is 0 Å². The number of fused-ring (bicyclic) bond motifs is 3. The van der Waals surface area contributed by atoms with Crippen molar-refractivity contribution in [2.45, 2.75) is 52.9 Å². The summed E-state index contributed by atoms with van der Waals surface area (Å²) in [5, 5.41) is 2.93. The Morgan fingerprint density at radius 3 is 2.54 bits per heavy atom. The molecule has 2 aliphatic heterocycles. The van der Waals surface area contributed by atoms with Crippen molar-refractivity contribution in [3.63, 3.8) is 0 Å². The molecule has 2 aromatic rings. The maximum Gasteiger partial charge on any atom is 0.339 e. The fraction of sp³-hybridized carbons (Fsp3) is 0.345. The molecule has 8 heteroatoms. The molecule has 0 fully saturated rings. The topological polar surface area (TPSA) is 102 Å². The molecule has 2 aromatic carbocycles. The molecule has 37 heavy (non-hydrogen) atoms. The highest BCUT2D eigenvalue weighted by atomic mass is 79.9. The number of benzene rings is 2. The van der Waals surface area contributed by atoms with Gasteiger partial charge in [0.05, 0.1) is 12.3 Å². The highest BCUT2D eigenvalue weighted by Gasteiger charge is 2.63. The van der Waals surface area contributed by atoms with Gasteiger partial charge in [-0.05, 0) is 62.4 Å². The number of esters is 1. The number of amides is 1. The number of anilines is 2. The van der Waals surface area contributed by atoms with Crippen LogP contribution in [0.25, 0.3) is 0 Å². The van der Waals surface area contributed by atoms with E-state index in [-0.39, 0.29) is 35.6 Å². The summed E-state index contributed by atoms with van der Waals surface area (Å²) < 4.78 is 6.39. The molecule has 7 nitrogen and oxygen atoms in total. The van der Waals surface area contributed by atoms with Gasteiger partial charge in [-0.3, -0.25) is 14.5 Å². The van der Waals surface area contributed by atoms with Crippen molar-refractivity contribution in [1.82, 2.24) is 0 Å². The molecule has 1 amide bonds. The van der Waals surface area contributed by atoms with Crippen LogP contribution in [0.1, 0.15) is 50.3 Å². The van der Waals surface area contributed by atoms with Gasteiger partial charge in [0.25, 0.3) is 0 Å². The number of allylic oxidation sites excluding steroid dienone is 1. The fourth-order valence-electron chi connectivity index (χ4n) is 6.00. The van der Waals surface area contributed by atoms with Gasteiger partial charge in [-0.2, -0.15) is 0 Å². The van der Waals surface area contributed by atoms with Gasteiger partial charge in [-0.1, -0.05) is 47.5 Å². The molecule has 192 valence electrons. The molecular weight excluding hydrogens is 534 g/mol. The largest absolute Gasteiger partial charge is 0.462 e. The molecule has 1 spiro atoms. The van der Waals surface area contributed by atoms with Crippen molar-refractivity contribution in [2.75, 3.05) is 16.8 Å². The molecule has 0 saturated carbocycles. The zero-order valence-electron chi connectivity index (χ0n) is 21.6. The molecule has 0 saturated heterocycles. The maximum absolute atomic E-state index is 14.1. The Labute approximate surface area is 224 Å². The van der Waals surface area contributed by atoms with Crippen LogP contribution in [0.4, 0.5) is 11.4 Å². The Kier molecular flexibility index (Phi) is 5.86. The lowest BCUT2D eigenvalue weighted by Crippen LogP contribution is -2.54. The number of Topliss-reactive ketones (excluding diaryl/α,β-unsaturated/α-hetero) is 1. The van der Waals surface area contributed by atoms with E-state index < -0.39 is 17.3 Å². The number of nitrogens with one attached hydrogen (secondary N) is 1. The Bertz CT molecular complexity index is 1460. The Hall–Kier alpha value is -3.39. The highest BCUT2D eigenvalue weighted by Crippen LogP contribution is 2.57. The van der Waals surface area contributed by atoms with Gasteiger partial charge < -0.3 is 15.8 Å². The lowest BCUT2D eigenvalue weighted by atomic mass is 9.60. The molecule has 0 radical (unpaired) electrons. The fourth-order valence-corrected chi connectivity index (χ4v) is 6.47. The van der Waals surface area contributed by atoms with Crippen LogP contribution >= 0.6 is 15.9 Å². The van der Waals surface area contributed by atoms with Crippen LogP contribution in [-0.2, 0) is 24.5 Å². The molecule has 1 aliphatic carbocycles. The first-order valence-electron chi connectivity index (χ1n) is 12.4. The van der Waals surface area contributed by atoms with E-state index in [2.05, 4.69) is 21.2 Å². The van der Waals surface area contributed by atoms with Gasteiger partial charge >= 0.3 is 5.97 Å². The van der Waals surface area contributed by atoms with E-state index in [1.54, 1.807) is 17.9 Å². The van der Waals surface area contributed by atoms with Crippen molar-refractivity contribution in [1.29, 1.82) is 0 Å². The number of carbonyl (C=O) groups excluding carboxylic acids is 3. The van der Waals surface area contributed by atoms with Gasteiger partial charge in [-0.25, -0.2) is 4.79 Å². The second-order valence-corrected chi connectivity index (χ2v) is 11.7. The number of ketones is 1. The van der Waals surface area contributed by atoms with Crippen LogP contribution in [0.5, 0.6) is 0 Å². The SMILES string of the molecule is CCOC(=O)C1=C(N)N(c2ccc(Br)cc2C)C2=C(C(=O)CC(C)(C)C2)C12C(=O)Nc1ccc(C)cc12. The summed E-state index contributed by atoms with van der Waals surface area (Å²) >= 11 is 3.51. The molecule has 0 bridgehead atoms. The van der Waals surface area contributed by atoms with E-state index in [1.165, 1.54) is 0 Å². The summed E-state index contributed by atoms with van der Waals surface area (Å²) in [5.41, 5.74) is 9.40. The molecule has 5 rings (SSSR count). The van der Waals surface area contributed by atoms with E-state index in [9.17, 15) is 14.4 Å². The first-order chi connectivity index (χ1) is 17.4. The Balaban J connectivity index is 1.94. The summed E-state index contributed by atoms with van der Waals surface area (Å²) in [6, 6.07) is 11.3. The van der Waals surface area contributed by atoms with Crippen LogP contribution < -0.4 is 16.0 Å². The molecule has 1 unspecified atom stereocenters. The van der Waals surface area contributed by atoms with Gasteiger partial charge in [0.1, 0.15) is 16.8 Å². The lowest BCUT2D eigenvalue weighted by molar-refractivity contribution is -0.140. The van der Waals surface area contributed by atoms with Crippen molar-refractivity contribution in [3.05, 3.63) is 80.2 Å². The summed E-state index contributed by atoms with van der Waals surface area (Å²) in [7, 11) is 0. The zero-order valence-corrected chi connectivity index (χ0v) is 23.2. The van der Waals surface area contributed by atoms with Crippen LogP contribution in [0.3, 0.4) is 0 Å². The quantitative estimate of drug-likeness (QED) is 0.500. The second-order valence-electron chi connectivity index (χ2n) is 10.8. The summed E-state index contributed by atoms with van der Waals surface area (Å²) in [6.07, 6.45) is 0.738. The van der Waals surface area contributed by atoms with Crippen LogP contribution in [-0.4, -0.2) is 24.3 Å². The van der Waals surface area contributed by atoms with E-state index in [0.717, 1.165) is 21.3 Å². The molecule has 1 atom stereocenters. The van der Waals surface area contributed by atoms with E-state index in [0.29, 0.717) is 28.9 Å². The normalized spacial score (nSPS) is 22.3. The number of halogens is 1. The van der Waals surface area contributed by atoms with Gasteiger partial charge in [0.2, 0.25) is 5.91 Å². The smallest absolute Gasteiger partial charge is 0.339 e. The van der Waals surface area contributed by atoms with E-state index in [4.69, 9.17) is 10.5 Å². The number of ether oxygens (including phenoxy) is 1.